The first-order valence-corrected chi connectivity index (χ1v) is 4.94. The van der Waals surface area contributed by atoms with Crippen LogP contribution in [0.1, 0.15) is 6.92 Å². The van der Waals surface area contributed by atoms with Crippen LogP contribution in [0.3, 0.4) is 0 Å². The lowest BCUT2D eigenvalue weighted by molar-refractivity contribution is -0.139. The number of epoxide rings is 2. The van der Waals surface area contributed by atoms with Crippen molar-refractivity contribution in [2.75, 3.05) is 13.2 Å². The lowest BCUT2D eigenvalue weighted by Crippen LogP contribution is -2.07. The van der Waals surface area contributed by atoms with Crippen LogP contribution >= 0.6 is 0 Å². The SMILES string of the molecule is CC(=O)OC/C=C/[C@@H]1O[C@H]1[C@@H]1O[C@H]1CO. The summed E-state index contributed by atoms with van der Waals surface area (Å²) in [6, 6.07) is 0. The zero-order valence-electron chi connectivity index (χ0n) is 8.46. The molecule has 2 saturated heterocycles. The van der Waals surface area contributed by atoms with Crippen molar-refractivity contribution < 1.29 is 24.1 Å². The number of carbonyl (C=O) groups excluding carboxylic acids is 1. The Morgan fingerprint density at radius 1 is 1.47 bits per heavy atom. The molecule has 0 bridgehead atoms. The summed E-state index contributed by atoms with van der Waals surface area (Å²) in [7, 11) is 0. The number of carbonyl (C=O) groups is 1. The van der Waals surface area contributed by atoms with Crippen LogP contribution in [0.15, 0.2) is 12.2 Å². The molecule has 0 aromatic heterocycles. The van der Waals surface area contributed by atoms with E-state index in [9.17, 15) is 4.79 Å². The molecule has 0 amide bonds. The van der Waals surface area contributed by atoms with Crippen molar-refractivity contribution in [3.63, 3.8) is 0 Å². The van der Waals surface area contributed by atoms with Gasteiger partial charge in [0.2, 0.25) is 0 Å². The summed E-state index contributed by atoms with van der Waals surface area (Å²) < 4.78 is 15.2. The molecule has 1 N–H and O–H groups in total. The van der Waals surface area contributed by atoms with Crippen LogP contribution in [0.4, 0.5) is 0 Å². The second-order valence-electron chi connectivity index (χ2n) is 3.62. The van der Waals surface area contributed by atoms with Crippen LogP contribution in [-0.4, -0.2) is 48.7 Å². The predicted octanol–water partition coefficient (Wildman–Crippen LogP) is -0.367. The molecule has 0 spiro atoms. The largest absolute Gasteiger partial charge is 0.462 e. The number of aliphatic hydroxyl groups excluding tert-OH is 1. The van der Waals surface area contributed by atoms with E-state index in [2.05, 4.69) is 0 Å². The Kier molecular flexibility index (Phi) is 3.04. The van der Waals surface area contributed by atoms with Crippen LogP contribution in [0.2, 0.25) is 0 Å². The van der Waals surface area contributed by atoms with E-state index in [-0.39, 0.29) is 43.6 Å². The molecule has 2 rings (SSSR count). The molecule has 2 aliphatic rings. The van der Waals surface area contributed by atoms with E-state index < -0.39 is 0 Å². The molecule has 0 aromatic rings. The maximum Gasteiger partial charge on any atom is 0.302 e. The Morgan fingerprint density at radius 3 is 2.87 bits per heavy atom. The van der Waals surface area contributed by atoms with Crippen LogP contribution in [-0.2, 0) is 19.0 Å². The van der Waals surface area contributed by atoms with Crippen molar-refractivity contribution in [1.29, 1.82) is 0 Å². The average molecular weight is 214 g/mol. The number of esters is 1. The van der Waals surface area contributed by atoms with Crippen molar-refractivity contribution in [1.82, 2.24) is 0 Å². The first kappa shape index (κ1) is 10.6. The lowest BCUT2D eigenvalue weighted by atomic mass is 10.2. The second kappa shape index (κ2) is 4.30. The molecule has 4 atom stereocenters. The van der Waals surface area contributed by atoms with E-state index in [1.807, 2.05) is 6.08 Å². The van der Waals surface area contributed by atoms with Gasteiger partial charge in [0, 0.05) is 6.92 Å². The van der Waals surface area contributed by atoms with Gasteiger partial charge in [0.05, 0.1) is 6.61 Å². The Balaban J connectivity index is 1.61. The average Bonchev–Trinajstić information content (AvgIpc) is 3.05. The zero-order valence-corrected chi connectivity index (χ0v) is 8.46. The molecule has 5 heteroatoms. The van der Waals surface area contributed by atoms with Gasteiger partial charge in [-0.1, -0.05) is 6.08 Å². The Bertz CT molecular complexity index is 275. The molecule has 5 nitrogen and oxygen atoms in total. The molecular weight excluding hydrogens is 200 g/mol. The topological polar surface area (TPSA) is 71.6 Å². The molecule has 2 aliphatic heterocycles. The van der Waals surface area contributed by atoms with Gasteiger partial charge in [-0.2, -0.15) is 0 Å². The van der Waals surface area contributed by atoms with Gasteiger partial charge in [0.25, 0.3) is 0 Å². The zero-order chi connectivity index (χ0) is 10.8. The fourth-order valence-electron chi connectivity index (χ4n) is 1.50. The quantitative estimate of drug-likeness (QED) is 0.384. The minimum Gasteiger partial charge on any atom is -0.462 e. The van der Waals surface area contributed by atoms with Gasteiger partial charge in [-0.25, -0.2) is 0 Å². The Morgan fingerprint density at radius 2 is 2.27 bits per heavy atom. The molecule has 2 fully saturated rings. The number of ether oxygens (including phenoxy) is 3. The third-order valence-corrected chi connectivity index (χ3v) is 2.40. The normalized spacial score (nSPS) is 38.0. The van der Waals surface area contributed by atoms with Gasteiger partial charge in [-0.05, 0) is 6.08 Å². The maximum atomic E-state index is 10.4. The second-order valence-corrected chi connectivity index (χ2v) is 3.62. The Hall–Kier alpha value is -0.910. The Labute approximate surface area is 87.6 Å². The molecule has 2 heterocycles. The molecule has 0 saturated carbocycles. The van der Waals surface area contributed by atoms with Crippen molar-refractivity contribution in [3.05, 3.63) is 12.2 Å². The van der Waals surface area contributed by atoms with Crippen molar-refractivity contribution in [2.45, 2.75) is 31.3 Å². The highest BCUT2D eigenvalue weighted by atomic mass is 16.7. The molecule has 0 aromatic carbocycles. The monoisotopic (exact) mass is 214 g/mol. The highest BCUT2D eigenvalue weighted by molar-refractivity contribution is 5.65. The van der Waals surface area contributed by atoms with Crippen molar-refractivity contribution in [3.8, 4) is 0 Å². The summed E-state index contributed by atoms with van der Waals surface area (Å²) in [4.78, 5) is 10.4. The van der Waals surface area contributed by atoms with E-state index in [0.29, 0.717) is 0 Å². The van der Waals surface area contributed by atoms with Crippen LogP contribution in [0.25, 0.3) is 0 Å². The van der Waals surface area contributed by atoms with E-state index >= 15 is 0 Å². The van der Waals surface area contributed by atoms with E-state index in [4.69, 9.17) is 19.3 Å². The van der Waals surface area contributed by atoms with E-state index in [0.717, 1.165) is 0 Å². The summed E-state index contributed by atoms with van der Waals surface area (Å²) >= 11 is 0. The van der Waals surface area contributed by atoms with Crippen molar-refractivity contribution >= 4 is 5.97 Å². The van der Waals surface area contributed by atoms with Gasteiger partial charge >= 0.3 is 5.97 Å². The summed E-state index contributed by atoms with van der Waals surface area (Å²) in [5.74, 6) is -0.293. The molecular formula is C10H14O5. The van der Waals surface area contributed by atoms with Gasteiger partial charge < -0.3 is 19.3 Å². The lowest BCUT2D eigenvalue weighted by Gasteiger charge is -1.93. The molecule has 0 unspecified atom stereocenters. The summed E-state index contributed by atoms with van der Waals surface area (Å²) in [5, 5.41) is 8.76. The predicted molar refractivity (Wildman–Crippen MR) is 50.2 cm³/mol. The van der Waals surface area contributed by atoms with Crippen LogP contribution in [0, 0.1) is 0 Å². The van der Waals surface area contributed by atoms with E-state index in [1.165, 1.54) is 6.92 Å². The molecule has 0 aliphatic carbocycles. The number of hydrogen-bond acceptors (Lipinski definition) is 5. The maximum absolute atomic E-state index is 10.4. The molecule has 84 valence electrons. The van der Waals surface area contributed by atoms with Gasteiger partial charge in [-0.3, -0.25) is 4.79 Å². The standard InChI is InChI=1S/C10H14O5/c1-6(12)13-4-2-3-7-9(14-7)10-8(5-11)15-10/h2-3,7-11H,4-5H2,1H3/b3-2+/t7-,8-,9+,10+/m0/s1. The third-order valence-electron chi connectivity index (χ3n) is 2.40. The van der Waals surface area contributed by atoms with Gasteiger partial charge in [0.1, 0.15) is 31.0 Å². The fourth-order valence-corrected chi connectivity index (χ4v) is 1.50. The first-order valence-electron chi connectivity index (χ1n) is 4.94. The van der Waals surface area contributed by atoms with Crippen LogP contribution < -0.4 is 0 Å². The van der Waals surface area contributed by atoms with E-state index in [1.54, 1.807) is 6.08 Å². The number of hydrogen-bond donors (Lipinski definition) is 1. The molecule has 0 radical (unpaired) electrons. The first-order chi connectivity index (χ1) is 7.22. The third kappa shape index (κ3) is 2.77. The minimum atomic E-state index is -0.293. The smallest absolute Gasteiger partial charge is 0.302 e. The van der Waals surface area contributed by atoms with Gasteiger partial charge in [0.15, 0.2) is 0 Å². The summed E-state index contributed by atoms with van der Waals surface area (Å²) in [6.07, 6.45) is 3.70. The fraction of sp³-hybridized carbons (Fsp3) is 0.700. The number of aliphatic hydroxyl groups is 1. The number of rotatable bonds is 5. The summed E-state index contributed by atoms with van der Waals surface area (Å²) in [6.45, 7) is 1.69. The summed E-state index contributed by atoms with van der Waals surface area (Å²) in [5.41, 5.74) is 0. The van der Waals surface area contributed by atoms with Crippen LogP contribution in [0.5, 0.6) is 0 Å². The van der Waals surface area contributed by atoms with Crippen molar-refractivity contribution in [2.24, 2.45) is 0 Å². The highest BCUT2D eigenvalue weighted by Crippen LogP contribution is 2.38. The van der Waals surface area contributed by atoms with Gasteiger partial charge in [-0.15, -0.1) is 0 Å². The highest BCUT2D eigenvalue weighted by Gasteiger charge is 2.55. The minimum absolute atomic E-state index is 0.0402. The molecule has 15 heavy (non-hydrogen) atoms.